The average molecular weight is 323 g/mol. The van der Waals surface area contributed by atoms with E-state index in [2.05, 4.69) is 15.3 Å². The van der Waals surface area contributed by atoms with Gasteiger partial charge in [-0.25, -0.2) is 14.8 Å². The number of esters is 1. The molecule has 1 N–H and O–H groups in total. The van der Waals surface area contributed by atoms with Crippen LogP contribution in [0.15, 0.2) is 48.7 Å². The summed E-state index contributed by atoms with van der Waals surface area (Å²) in [5.74, 6) is 0.465. The van der Waals surface area contributed by atoms with Crippen LogP contribution in [0.3, 0.4) is 0 Å². The van der Waals surface area contributed by atoms with Gasteiger partial charge in [-0.15, -0.1) is 0 Å². The van der Waals surface area contributed by atoms with Crippen molar-refractivity contribution in [2.24, 2.45) is 0 Å². The molecule has 0 aliphatic carbocycles. The fraction of sp³-hybridized carbons (Fsp3) is 0.167. The van der Waals surface area contributed by atoms with Gasteiger partial charge in [0.1, 0.15) is 11.3 Å². The topological polar surface area (TPSA) is 73.3 Å². The molecule has 1 aromatic heterocycles. The summed E-state index contributed by atoms with van der Waals surface area (Å²) < 4.78 is 10.3. The minimum Gasteiger partial charge on any atom is -0.496 e. The summed E-state index contributed by atoms with van der Waals surface area (Å²) in [5.41, 5.74) is 1.93. The number of hydrogen-bond acceptors (Lipinski definition) is 6. The molecule has 0 aliphatic heterocycles. The van der Waals surface area contributed by atoms with Crippen molar-refractivity contribution < 1.29 is 14.3 Å². The van der Waals surface area contributed by atoms with E-state index in [9.17, 15) is 4.79 Å². The Kier molecular flexibility index (Phi) is 4.56. The fourth-order valence-corrected chi connectivity index (χ4v) is 2.31. The molecule has 0 aliphatic rings. The highest BCUT2D eigenvalue weighted by molar-refractivity contribution is 5.97. The van der Waals surface area contributed by atoms with Crippen LogP contribution in [0.25, 0.3) is 10.9 Å². The molecule has 0 bridgehead atoms. The summed E-state index contributed by atoms with van der Waals surface area (Å²) in [4.78, 5) is 20.8. The fourth-order valence-electron chi connectivity index (χ4n) is 2.31. The van der Waals surface area contributed by atoms with Gasteiger partial charge in [-0.05, 0) is 25.1 Å². The molecule has 0 radical (unpaired) electrons. The summed E-state index contributed by atoms with van der Waals surface area (Å²) in [7, 11) is 1.51. The smallest absolute Gasteiger partial charge is 0.341 e. The van der Waals surface area contributed by atoms with Crippen molar-refractivity contribution >= 4 is 28.5 Å². The first-order chi connectivity index (χ1) is 11.7. The van der Waals surface area contributed by atoms with Gasteiger partial charge in [-0.1, -0.05) is 18.2 Å². The van der Waals surface area contributed by atoms with Crippen molar-refractivity contribution in [2.45, 2.75) is 6.92 Å². The Bertz CT molecular complexity index is 866. The van der Waals surface area contributed by atoms with E-state index in [1.165, 1.54) is 7.11 Å². The second-order valence-corrected chi connectivity index (χ2v) is 5.02. The first-order valence-electron chi connectivity index (χ1n) is 7.55. The summed E-state index contributed by atoms with van der Waals surface area (Å²) in [6, 6.07) is 13.0. The number of nitrogens with zero attached hydrogens (tertiary/aromatic N) is 2. The highest BCUT2D eigenvalue weighted by Gasteiger charge is 2.15. The molecule has 122 valence electrons. The molecule has 3 aromatic rings. The number of fused-ring (bicyclic) bond motifs is 1. The lowest BCUT2D eigenvalue weighted by Crippen LogP contribution is -2.07. The molecule has 0 unspecified atom stereocenters. The predicted octanol–water partition coefficient (Wildman–Crippen LogP) is 3.56. The number of anilines is 2. The molecule has 0 saturated carbocycles. The van der Waals surface area contributed by atoms with Crippen LogP contribution >= 0.6 is 0 Å². The van der Waals surface area contributed by atoms with E-state index < -0.39 is 5.97 Å². The van der Waals surface area contributed by atoms with E-state index in [0.717, 1.165) is 11.1 Å². The van der Waals surface area contributed by atoms with Gasteiger partial charge in [0.15, 0.2) is 0 Å². The Balaban J connectivity index is 1.98. The zero-order valence-electron chi connectivity index (χ0n) is 13.4. The van der Waals surface area contributed by atoms with Crippen molar-refractivity contribution in [3.05, 3.63) is 54.2 Å². The molecule has 6 heteroatoms. The molecule has 0 amide bonds. The zero-order valence-corrected chi connectivity index (χ0v) is 13.4. The standard InChI is InChI=1S/C18H17N3O3/c1-3-24-17(22)14-9-12-11-19-18(20-13-7-5-4-6-8-13)21-15(12)10-16(14)23-2/h4-11H,3H2,1-2H3,(H,19,20,21). The van der Waals surface area contributed by atoms with Crippen LogP contribution in [0.5, 0.6) is 5.75 Å². The highest BCUT2D eigenvalue weighted by atomic mass is 16.5. The number of methoxy groups -OCH3 is 1. The number of ether oxygens (including phenoxy) is 2. The predicted molar refractivity (Wildman–Crippen MR) is 91.8 cm³/mol. The van der Waals surface area contributed by atoms with Gasteiger partial charge >= 0.3 is 5.97 Å². The van der Waals surface area contributed by atoms with E-state index in [0.29, 0.717) is 29.4 Å². The lowest BCUT2D eigenvalue weighted by Gasteiger charge is -2.10. The quantitative estimate of drug-likeness (QED) is 0.724. The molecule has 6 nitrogen and oxygen atoms in total. The van der Waals surface area contributed by atoms with Gasteiger partial charge in [0.2, 0.25) is 5.95 Å². The number of rotatable bonds is 5. The number of benzene rings is 2. The SMILES string of the molecule is CCOC(=O)c1cc2cnc(Nc3ccccc3)nc2cc1OC. The Labute approximate surface area is 139 Å². The molecule has 0 atom stereocenters. The Morgan fingerprint density at radius 1 is 1.21 bits per heavy atom. The van der Waals surface area contributed by atoms with Crippen LogP contribution in [0.2, 0.25) is 0 Å². The molecule has 0 saturated heterocycles. The van der Waals surface area contributed by atoms with E-state index in [1.807, 2.05) is 30.3 Å². The van der Waals surface area contributed by atoms with E-state index in [4.69, 9.17) is 9.47 Å². The third-order valence-electron chi connectivity index (χ3n) is 3.43. The van der Waals surface area contributed by atoms with Crippen LogP contribution in [-0.4, -0.2) is 29.7 Å². The number of carbonyl (C=O) groups is 1. The monoisotopic (exact) mass is 323 g/mol. The first-order valence-corrected chi connectivity index (χ1v) is 7.55. The first kappa shape index (κ1) is 15.7. The van der Waals surface area contributed by atoms with E-state index in [1.54, 1.807) is 25.3 Å². The van der Waals surface area contributed by atoms with Gasteiger partial charge in [-0.2, -0.15) is 0 Å². The van der Waals surface area contributed by atoms with Gasteiger partial charge in [0.05, 0.1) is 19.2 Å². The number of hydrogen-bond donors (Lipinski definition) is 1. The lowest BCUT2D eigenvalue weighted by molar-refractivity contribution is 0.0523. The van der Waals surface area contributed by atoms with Crippen molar-refractivity contribution in [2.75, 3.05) is 19.0 Å². The molecule has 2 aromatic carbocycles. The Hall–Kier alpha value is -3.15. The zero-order chi connectivity index (χ0) is 16.9. The molecular formula is C18H17N3O3. The average Bonchev–Trinajstić information content (AvgIpc) is 2.61. The molecule has 1 heterocycles. The maximum Gasteiger partial charge on any atom is 0.341 e. The number of nitrogens with one attached hydrogen (secondary N) is 1. The van der Waals surface area contributed by atoms with E-state index >= 15 is 0 Å². The third kappa shape index (κ3) is 3.27. The maximum absolute atomic E-state index is 12.0. The molecule has 0 fully saturated rings. The Morgan fingerprint density at radius 3 is 2.71 bits per heavy atom. The largest absolute Gasteiger partial charge is 0.496 e. The molecule has 3 rings (SSSR count). The lowest BCUT2D eigenvalue weighted by atomic mass is 10.1. The van der Waals surface area contributed by atoms with Gasteiger partial charge in [-0.3, -0.25) is 0 Å². The summed E-state index contributed by atoms with van der Waals surface area (Å²) >= 11 is 0. The van der Waals surface area contributed by atoms with Crippen LogP contribution in [0.4, 0.5) is 11.6 Å². The van der Waals surface area contributed by atoms with E-state index in [-0.39, 0.29) is 0 Å². The number of aromatic nitrogens is 2. The maximum atomic E-state index is 12.0. The van der Waals surface area contributed by atoms with Crippen LogP contribution in [0, 0.1) is 0 Å². The minimum absolute atomic E-state index is 0.302. The summed E-state index contributed by atoms with van der Waals surface area (Å²) in [6.07, 6.45) is 1.66. The van der Waals surface area contributed by atoms with Crippen LogP contribution in [-0.2, 0) is 4.74 Å². The Morgan fingerprint density at radius 2 is 2.00 bits per heavy atom. The summed E-state index contributed by atoms with van der Waals surface area (Å²) in [5, 5.41) is 3.87. The minimum atomic E-state index is -0.428. The third-order valence-corrected chi connectivity index (χ3v) is 3.43. The van der Waals surface area contributed by atoms with Crippen LogP contribution < -0.4 is 10.1 Å². The van der Waals surface area contributed by atoms with Gasteiger partial charge < -0.3 is 14.8 Å². The second-order valence-electron chi connectivity index (χ2n) is 5.02. The van der Waals surface area contributed by atoms with Crippen molar-refractivity contribution in [3.63, 3.8) is 0 Å². The highest BCUT2D eigenvalue weighted by Crippen LogP contribution is 2.26. The molecule has 0 spiro atoms. The number of carbonyl (C=O) groups excluding carboxylic acids is 1. The van der Waals surface area contributed by atoms with Crippen molar-refractivity contribution in [3.8, 4) is 5.75 Å². The molecule has 24 heavy (non-hydrogen) atoms. The molecular weight excluding hydrogens is 306 g/mol. The summed E-state index contributed by atoms with van der Waals surface area (Å²) in [6.45, 7) is 2.06. The second kappa shape index (κ2) is 6.95. The van der Waals surface area contributed by atoms with Gasteiger partial charge in [0.25, 0.3) is 0 Å². The van der Waals surface area contributed by atoms with Crippen molar-refractivity contribution in [1.82, 2.24) is 9.97 Å². The van der Waals surface area contributed by atoms with Crippen molar-refractivity contribution in [1.29, 1.82) is 0 Å². The van der Waals surface area contributed by atoms with Crippen LogP contribution in [0.1, 0.15) is 17.3 Å². The van der Waals surface area contributed by atoms with Gasteiger partial charge in [0, 0.05) is 23.3 Å². The number of para-hydroxylation sites is 1. The normalized spacial score (nSPS) is 10.4.